The van der Waals surface area contributed by atoms with Crippen LogP contribution in [0.5, 0.6) is 5.75 Å². The van der Waals surface area contributed by atoms with Gasteiger partial charge in [0.1, 0.15) is 5.75 Å². The lowest BCUT2D eigenvalue weighted by atomic mass is 10.3. The summed E-state index contributed by atoms with van der Waals surface area (Å²) in [5, 5.41) is 10.8. The SMILES string of the molecule is CCOc1cc[n+]([O-])c(C)c1. The van der Waals surface area contributed by atoms with Gasteiger partial charge in [0.2, 0.25) is 0 Å². The molecule has 0 unspecified atom stereocenters. The third-order valence-electron chi connectivity index (χ3n) is 1.38. The highest BCUT2D eigenvalue weighted by atomic mass is 16.5. The quantitative estimate of drug-likeness (QED) is 0.470. The fraction of sp³-hybridized carbons (Fsp3) is 0.375. The highest BCUT2D eigenvalue weighted by Crippen LogP contribution is 2.08. The van der Waals surface area contributed by atoms with Crippen molar-refractivity contribution in [3.05, 3.63) is 29.2 Å². The Morgan fingerprint density at radius 2 is 2.36 bits per heavy atom. The van der Waals surface area contributed by atoms with Crippen LogP contribution in [0, 0.1) is 12.1 Å². The second-order valence-electron chi connectivity index (χ2n) is 2.26. The van der Waals surface area contributed by atoms with Gasteiger partial charge >= 0.3 is 0 Å². The van der Waals surface area contributed by atoms with Gasteiger partial charge in [0.25, 0.3) is 0 Å². The van der Waals surface area contributed by atoms with Gasteiger partial charge in [0.15, 0.2) is 11.9 Å². The number of rotatable bonds is 2. The van der Waals surface area contributed by atoms with Gasteiger partial charge in [-0.1, -0.05) is 0 Å². The lowest BCUT2D eigenvalue weighted by Crippen LogP contribution is -2.28. The van der Waals surface area contributed by atoms with E-state index in [0.29, 0.717) is 12.3 Å². The number of pyridine rings is 1. The second-order valence-corrected chi connectivity index (χ2v) is 2.26. The van der Waals surface area contributed by atoms with Crippen LogP contribution in [0.1, 0.15) is 12.6 Å². The molecule has 0 aliphatic carbocycles. The van der Waals surface area contributed by atoms with Crippen LogP contribution in [0.4, 0.5) is 0 Å². The van der Waals surface area contributed by atoms with Gasteiger partial charge in [-0.25, -0.2) is 0 Å². The van der Waals surface area contributed by atoms with E-state index in [1.807, 2.05) is 6.92 Å². The molecule has 1 aromatic rings. The van der Waals surface area contributed by atoms with Crippen LogP contribution in [0.3, 0.4) is 0 Å². The lowest BCUT2D eigenvalue weighted by molar-refractivity contribution is -0.612. The average molecular weight is 153 g/mol. The fourth-order valence-corrected chi connectivity index (χ4v) is 0.833. The van der Waals surface area contributed by atoms with E-state index in [9.17, 15) is 5.21 Å². The number of aryl methyl sites for hydroxylation is 1. The van der Waals surface area contributed by atoms with Gasteiger partial charge in [-0.05, 0) is 6.92 Å². The maximum atomic E-state index is 10.8. The van der Waals surface area contributed by atoms with E-state index >= 15 is 0 Å². The van der Waals surface area contributed by atoms with Crippen molar-refractivity contribution in [3.63, 3.8) is 0 Å². The predicted octanol–water partition coefficient (Wildman–Crippen LogP) is 1.03. The molecule has 1 heterocycles. The summed E-state index contributed by atoms with van der Waals surface area (Å²) in [5.41, 5.74) is 0.649. The molecule has 0 aromatic carbocycles. The summed E-state index contributed by atoms with van der Waals surface area (Å²) >= 11 is 0. The Bertz CT molecular complexity index is 248. The van der Waals surface area contributed by atoms with E-state index in [1.165, 1.54) is 6.20 Å². The summed E-state index contributed by atoms with van der Waals surface area (Å²) in [7, 11) is 0. The van der Waals surface area contributed by atoms with Gasteiger partial charge in [-0.2, -0.15) is 4.73 Å². The number of ether oxygens (including phenoxy) is 1. The summed E-state index contributed by atoms with van der Waals surface area (Å²) in [6.45, 7) is 4.28. The smallest absolute Gasteiger partial charge is 0.193 e. The zero-order valence-corrected chi connectivity index (χ0v) is 6.70. The first-order valence-electron chi connectivity index (χ1n) is 3.56. The Hall–Kier alpha value is -1.25. The van der Waals surface area contributed by atoms with E-state index < -0.39 is 0 Å². The molecule has 0 saturated carbocycles. The third kappa shape index (κ3) is 1.83. The summed E-state index contributed by atoms with van der Waals surface area (Å²) in [6.07, 6.45) is 1.44. The lowest BCUT2D eigenvalue weighted by Gasteiger charge is -2.03. The highest BCUT2D eigenvalue weighted by Gasteiger charge is 1.99. The molecule has 0 saturated heterocycles. The van der Waals surface area contributed by atoms with Crippen molar-refractivity contribution < 1.29 is 9.47 Å². The standard InChI is InChI=1S/C8H11NO2/c1-3-11-8-4-5-9(10)7(2)6-8/h4-6H,3H2,1-2H3. The van der Waals surface area contributed by atoms with Crippen LogP contribution in [-0.2, 0) is 0 Å². The van der Waals surface area contributed by atoms with Gasteiger partial charge in [0.05, 0.1) is 6.61 Å². The summed E-state index contributed by atoms with van der Waals surface area (Å²) in [5.74, 6) is 0.747. The molecule has 3 nitrogen and oxygen atoms in total. The minimum atomic E-state index is 0.627. The van der Waals surface area contributed by atoms with Crippen molar-refractivity contribution >= 4 is 0 Å². The van der Waals surface area contributed by atoms with Gasteiger partial charge in [-0.15, -0.1) is 0 Å². The van der Waals surface area contributed by atoms with E-state index in [-0.39, 0.29) is 0 Å². The molecule has 0 bridgehead atoms. The summed E-state index contributed by atoms with van der Waals surface area (Å²) < 4.78 is 6.00. The van der Waals surface area contributed by atoms with Gasteiger partial charge in [-0.3, -0.25) is 0 Å². The maximum Gasteiger partial charge on any atom is 0.193 e. The molecule has 0 atom stereocenters. The maximum absolute atomic E-state index is 10.8. The minimum Gasteiger partial charge on any atom is -0.619 e. The molecule has 1 aromatic heterocycles. The molecule has 3 heteroatoms. The zero-order chi connectivity index (χ0) is 8.27. The molecule has 60 valence electrons. The molecular formula is C8H11NO2. The van der Waals surface area contributed by atoms with Crippen LogP contribution in [0.25, 0.3) is 0 Å². The third-order valence-corrected chi connectivity index (χ3v) is 1.38. The van der Waals surface area contributed by atoms with Crippen molar-refractivity contribution in [2.45, 2.75) is 13.8 Å². The van der Waals surface area contributed by atoms with Crippen molar-refractivity contribution in [1.29, 1.82) is 0 Å². The van der Waals surface area contributed by atoms with Crippen LogP contribution in [0.2, 0.25) is 0 Å². The summed E-state index contributed by atoms with van der Waals surface area (Å²) in [6, 6.07) is 3.38. The van der Waals surface area contributed by atoms with Gasteiger partial charge in [0, 0.05) is 19.1 Å². The molecule has 0 aliphatic heterocycles. The van der Waals surface area contributed by atoms with Crippen molar-refractivity contribution in [3.8, 4) is 5.75 Å². The van der Waals surface area contributed by atoms with E-state index in [0.717, 1.165) is 10.5 Å². The zero-order valence-electron chi connectivity index (χ0n) is 6.70. The molecule has 0 N–H and O–H groups in total. The number of aromatic nitrogens is 1. The number of hydrogen-bond donors (Lipinski definition) is 0. The highest BCUT2D eigenvalue weighted by molar-refractivity contribution is 5.18. The van der Waals surface area contributed by atoms with Crippen LogP contribution < -0.4 is 9.47 Å². The first kappa shape index (κ1) is 7.85. The van der Waals surface area contributed by atoms with E-state index in [4.69, 9.17) is 4.74 Å². The predicted molar refractivity (Wildman–Crippen MR) is 41.3 cm³/mol. The normalized spacial score (nSPS) is 9.64. The second kappa shape index (κ2) is 3.23. The van der Waals surface area contributed by atoms with Crippen LogP contribution in [0.15, 0.2) is 18.3 Å². The largest absolute Gasteiger partial charge is 0.619 e. The Morgan fingerprint density at radius 1 is 1.64 bits per heavy atom. The minimum absolute atomic E-state index is 0.627. The van der Waals surface area contributed by atoms with Gasteiger partial charge < -0.3 is 9.94 Å². The van der Waals surface area contributed by atoms with Crippen LogP contribution >= 0.6 is 0 Å². The van der Waals surface area contributed by atoms with Crippen molar-refractivity contribution in [1.82, 2.24) is 0 Å². The molecule has 0 amide bonds. The molecule has 0 radical (unpaired) electrons. The van der Waals surface area contributed by atoms with Crippen molar-refractivity contribution in [2.24, 2.45) is 0 Å². The van der Waals surface area contributed by atoms with Crippen LogP contribution in [-0.4, -0.2) is 6.61 Å². The number of nitrogens with zero attached hydrogens (tertiary/aromatic N) is 1. The molecule has 11 heavy (non-hydrogen) atoms. The molecule has 0 aliphatic rings. The number of hydrogen-bond acceptors (Lipinski definition) is 2. The Morgan fingerprint density at radius 3 is 2.91 bits per heavy atom. The Balaban J connectivity index is 2.86. The molecule has 1 rings (SSSR count). The molecule has 0 spiro atoms. The first-order valence-corrected chi connectivity index (χ1v) is 3.56. The fourth-order valence-electron chi connectivity index (χ4n) is 0.833. The van der Waals surface area contributed by atoms with E-state index in [2.05, 4.69) is 0 Å². The summed E-state index contributed by atoms with van der Waals surface area (Å²) in [4.78, 5) is 0. The monoisotopic (exact) mass is 153 g/mol. The average Bonchev–Trinajstić information content (AvgIpc) is 1.98. The van der Waals surface area contributed by atoms with E-state index in [1.54, 1.807) is 19.1 Å². The molecular weight excluding hydrogens is 142 g/mol. The first-order chi connectivity index (χ1) is 5.24. The Kier molecular flexibility index (Phi) is 2.31. The topological polar surface area (TPSA) is 36.2 Å². The van der Waals surface area contributed by atoms with Crippen molar-refractivity contribution in [2.75, 3.05) is 6.61 Å². The Labute approximate surface area is 65.8 Å². The molecule has 0 fully saturated rings.